The van der Waals surface area contributed by atoms with E-state index in [0.29, 0.717) is 0 Å². The Kier molecular flexibility index (Phi) is 2.53. The van der Waals surface area contributed by atoms with Gasteiger partial charge >= 0.3 is 0 Å². The molecular formula is C13H15NS. The molecule has 0 aliphatic rings. The lowest BCUT2D eigenvalue weighted by molar-refractivity contribution is 1.40. The first-order valence-corrected chi connectivity index (χ1v) is 5.88. The van der Waals surface area contributed by atoms with E-state index in [4.69, 9.17) is 5.73 Å². The molecule has 1 aromatic carbocycles. The molecule has 2 N–H and O–H groups in total. The van der Waals surface area contributed by atoms with E-state index in [9.17, 15) is 0 Å². The van der Waals surface area contributed by atoms with Gasteiger partial charge in [-0.25, -0.2) is 0 Å². The van der Waals surface area contributed by atoms with Crippen molar-refractivity contribution >= 4 is 17.0 Å². The number of nitrogens with two attached hydrogens (primary N) is 1. The van der Waals surface area contributed by atoms with Crippen molar-refractivity contribution in [2.75, 3.05) is 5.73 Å². The molecule has 0 saturated carbocycles. The summed E-state index contributed by atoms with van der Waals surface area (Å²) in [6.45, 7) is 6.29. The van der Waals surface area contributed by atoms with Crippen LogP contribution in [0.3, 0.4) is 0 Å². The molecule has 1 heterocycles. The van der Waals surface area contributed by atoms with Crippen LogP contribution in [0.1, 0.15) is 16.0 Å². The second-order valence-electron chi connectivity index (χ2n) is 3.97. The molecule has 0 bridgehead atoms. The van der Waals surface area contributed by atoms with Crippen molar-refractivity contribution in [2.24, 2.45) is 0 Å². The van der Waals surface area contributed by atoms with Gasteiger partial charge in [0.15, 0.2) is 0 Å². The van der Waals surface area contributed by atoms with Gasteiger partial charge < -0.3 is 5.73 Å². The van der Waals surface area contributed by atoms with Gasteiger partial charge in [-0.3, -0.25) is 0 Å². The number of anilines is 1. The molecule has 1 aromatic heterocycles. The molecule has 0 aliphatic carbocycles. The number of rotatable bonds is 1. The summed E-state index contributed by atoms with van der Waals surface area (Å²) in [5, 5.41) is 2.19. The van der Waals surface area contributed by atoms with E-state index in [-0.39, 0.29) is 0 Å². The average molecular weight is 217 g/mol. The molecule has 78 valence electrons. The smallest absolute Gasteiger partial charge is 0.0352 e. The van der Waals surface area contributed by atoms with Crippen LogP contribution in [-0.4, -0.2) is 0 Å². The highest BCUT2D eigenvalue weighted by Gasteiger charge is 2.06. The van der Waals surface area contributed by atoms with Gasteiger partial charge in [0.2, 0.25) is 0 Å². The van der Waals surface area contributed by atoms with Crippen molar-refractivity contribution in [3.8, 4) is 11.1 Å². The fraction of sp³-hybridized carbons (Fsp3) is 0.231. The highest BCUT2D eigenvalue weighted by Crippen LogP contribution is 2.31. The summed E-state index contributed by atoms with van der Waals surface area (Å²) in [7, 11) is 0. The number of benzene rings is 1. The molecule has 2 aromatic rings. The van der Waals surface area contributed by atoms with Gasteiger partial charge in [-0.2, -0.15) is 0 Å². The molecule has 2 rings (SSSR count). The Hall–Kier alpha value is -1.28. The number of thiophene rings is 1. The zero-order chi connectivity index (χ0) is 11.0. The Labute approximate surface area is 94.6 Å². The number of hydrogen-bond donors (Lipinski definition) is 1. The molecular weight excluding hydrogens is 202 g/mol. The molecule has 1 nitrogen and oxygen atoms in total. The van der Waals surface area contributed by atoms with Crippen molar-refractivity contribution in [1.29, 1.82) is 0 Å². The average Bonchev–Trinajstić information content (AvgIpc) is 2.58. The van der Waals surface area contributed by atoms with E-state index >= 15 is 0 Å². The van der Waals surface area contributed by atoms with Crippen LogP contribution in [0.5, 0.6) is 0 Å². The summed E-state index contributed by atoms with van der Waals surface area (Å²) >= 11 is 1.78. The molecule has 0 atom stereocenters. The summed E-state index contributed by atoms with van der Waals surface area (Å²) in [6, 6.07) is 6.44. The van der Waals surface area contributed by atoms with E-state index < -0.39 is 0 Å². The standard InChI is InChI=1S/C13H15NS/c1-8-4-12(10(3)13(14)5-8)11-6-9(2)15-7-11/h4-7H,14H2,1-3H3. The lowest BCUT2D eigenvalue weighted by Gasteiger charge is -2.08. The summed E-state index contributed by atoms with van der Waals surface area (Å²) in [5.41, 5.74) is 11.8. The maximum Gasteiger partial charge on any atom is 0.0352 e. The van der Waals surface area contributed by atoms with Crippen molar-refractivity contribution < 1.29 is 0 Å². The maximum atomic E-state index is 5.97. The van der Waals surface area contributed by atoms with Crippen molar-refractivity contribution in [3.05, 3.63) is 39.6 Å². The topological polar surface area (TPSA) is 26.0 Å². The van der Waals surface area contributed by atoms with Gasteiger partial charge in [-0.1, -0.05) is 6.07 Å². The van der Waals surface area contributed by atoms with Crippen molar-refractivity contribution in [2.45, 2.75) is 20.8 Å². The minimum absolute atomic E-state index is 0.883. The first-order valence-electron chi connectivity index (χ1n) is 5.00. The van der Waals surface area contributed by atoms with Crippen LogP contribution in [-0.2, 0) is 0 Å². The number of hydrogen-bond acceptors (Lipinski definition) is 2. The lowest BCUT2D eigenvalue weighted by Crippen LogP contribution is -1.93. The molecule has 0 spiro atoms. The Bertz CT molecular complexity index is 497. The highest BCUT2D eigenvalue weighted by atomic mass is 32.1. The van der Waals surface area contributed by atoms with E-state index in [1.54, 1.807) is 11.3 Å². The molecule has 2 heteroatoms. The largest absolute Gasteiger partial charge is 0.398 e. The quantitative estimate of drug-likeness (QED) is 0.720. The van der Waals surface area contributed by atoms with Gasteiger partial charge in [0, 0.05) is 10.6 Å². The minimum Gasteiger partial charge on any atom is -0.398 e. The van der Waals surface area contributed by atoms with Crippen LogP contribution >= 0.6 is 11.3 Å². The molecule has 15 heavy (non-hydrogen) atoms. The number of aryl methyl sites for hydroxylation is 2. The summed E-state index contributed by atoms with van der Waals surface area (Å²) in [6.07, 6.45) is 0. The molecule has 0 amide bonds. The minimum atomic E-state index is 0.883. The van der Waals surface area contributed by atoms with E-state index in [2.05, 4.69) is 38.3 Å². The van der Waals surface area contributed by atoms with Gasteiger partial charge in [0.1, 0.15) is 0 Å². The van der Waals surface area contributed by atoms with E-state index in [0.717, 1.165) is 5.69 Å². The Morgan fingerprint density at radius 1 is 1.07 bits per heavy atom. The van der Waals surface area contributed by atoms with E-state index in [1.165, 1.54) is 27.1 Å². The third-order valence-electron chi connectivity index (χ3n) is 2.63. The molecule has 0 saturated heterocycles. The third-order valence-corrected chi connectivity index (χ3v) is 3.50. The predicted molar refractivity (Wildman–Crippen MR) is 68.4 cm³/mol. The van der Waals surface area contributed by atoms with E-state index in [1.807, 2.05) is 6.07 Å². The van der Waals surface area contributed by atoms with Crippen LogP contribution in [0.4, 0.5) is 5.69 Å². The Balaban J connectivity index is 2.62. The molecule has 0 fully saturated rings. The molecule has 0 aliphatic heterocycles. The lowest BCUT2D eigenvalue weighted by atomic mass is 9.99. The summed E-state index contributed by atoms with van der Waals surface area (Å²) in [5.74, 6) is 0. The molecule has 0 unspecified atom stereocenters. The second-order valence-corrected chi connectivity index (χ2v) is 5.09. The monoisotopic (exact) mass is 217 g/mol. The zero-order valence-electron chi connectivity index (χ0n) is 9.29. The van der Waals surface area contributed by atoms with Crippen molar-refractivity contribution in [3.63, 3.8) is 0 Å². The second kappa shape index (κ2) is 3.70. The van der Waals surface area contributed by atoms with Crippen LogP contribution < -0.4 is 5.73 Å². The van der Waals surface area contributed by atoms with Crippen LogP contribution in [0.2, 0.25) is 0 Å². The van der Waals surface area contributed by atoms with Crippen LogP contribution in [0.15, 0.2) is 23.6 Å². The summed E-state index contributed by atoms with van der Waals surface area (Å²) < 4.78 is 0. The molecule has 0 radical (unpaired) electrons. The third kappa shape index (κ3) is 1.90. The van der Waals surface area contributed by atoms with Crippen LogP contribution in [0.25, 0.3) is 11.1 Å². The predicted octanol–water partition coefficient (Wildman–Crippen LogP) is 3.92. The van der Waals surface area contributed by atoms with Gasteiger partial charge in [0.25, 0.3) is 0 Å². The Morgan fingerprint density at radius 3 is 2.40 bits per heavy atom. The van der Waals surface area contributed by atoms with Crippen molar-refractivity contribution in [1.82, 2.24) is 0 Å². The SMILES string of the molecule is Cc1cc(N)c(C)c(-c2csc(C)c2)c1. The summed E-state index contributed by atoms with van der Waals surface area (Å²) in [4.78, 5) is 1.34. The normalized spacial score (nSPS) is 10.6. The van der Waals surface area contributed by atoms with Gasteiger partial charge in [0.05, 0.1) is 0 Å². The van der Waals surface area contributed by atoms with Gasteiger partial charge in [-0.15, -0.1) is 11.3 Å². The fourth-order valence-electron chi connectivity index (χ4n) is 1.77. The first-order chi connectivity index (χ1) is 7.08. The highest BCUT2D eigenvalue weighted by molar-refractivity contribution is 7.10. The fourth-order valence-corrected chi connectivity index (χ4v) is 2.47. The van der Waals surface area contributed by atoms with Gasteiger partial charge in [-0.05, 0) is 60.5 Å². The number of nitrogen functional groups attached to an aromatic ring is 1. The Morgan fingerprint density at radius 2 is 1.80 bits per heavy atom. The zero-order valence-corrected chi connectivity index (χ0v) is 10.1. The maximum absolute atomic E-state index is 5.97. The van der Waals surface area contributed by atoms with Crippen LogP contribution in [0, 0.1) is 20.8 Å². The first kappa shape index (κ1) is 10.2.